The van der Waals surface area contributed by atoms with Gasteiger partial charge in [0.2, 0.25) is 0 Å². The molecule has 0 amide bonds. The molecule has 2 N–H and O–H groups in total. The van der Waals surface area contributed by atoms with Crippen LogP contribution in [0.1, 0.15) is 47.7 Å². The number of rotatable bonds is 3. The largest absolute Gasteiger partial charge is 0.358 e. The lowest BCUT2D eigenvalue weighted by atomic mass is 9.94. The highest BCUT2D eigenvalue weighted by molar-refractivity contribution is 6.04. The Morgan fingerprint density at radius 3 is 2.70 bits per heavy atom. The first kappa shape index (κ1) is 16.1. The Morgan fingerprint density at radius 1 is 1.07 bits per heavy atom. The highest BCUT2D eigenvalue weighted by Crippen LogP contribution is 2.31. The molecule has 2 aromatic carbocycles. The number of H-pyrrole nitrogens is 1. The first-order chi connectivity index (χ1) is 13.2. The van der Waals surface area contributed by atoms with E-state index >= 15 is 0 Å². The molecule has 1 unspecified atom stereocenters. The third kappa shape index (κ3) is 2.77. The zero-order valence-corrected chi connectivity index (χ0v) is 14.9. The van der Waals surface area contributed by atoms with Crippen LogP contribution >= 0.6 is 0 Å². The fourth-order valence-corrected chi connectivity index (χ4v) is 4.24. The number of aromatic nitrogens is 1. The van der Waals surface area contributed by atoms with Gasteiger partial charge in [-0.15, -0.1) is 0 Å². The van der Waals surface area contributed by atoms with Gasteiger partial charge in [0.25, 0.3) is 5.69 Å². The third-order valence-electron chi connectivity index (χ3n) is 5.69. The van der Waals surface area contributed by atoms with Crippen molar-refractivity contribution >= 4 is 22.3 Å². The molecule has 0 fully saturated rings. The predicted octanol–water partition coefficient (Wildman–Crippen LogP) is 4.39. The second kappa shape index (κ2) is 6.23. The summed E-state index contributed by atoms with van der Waals surface area (Å²) < 4.78 is 0. The highest BCUT2D eigenvalue weighted by atomic mass is 16.6. The minimum absolute atomic E-state index is 0.0494. The van der Waals surface area contributed by atoms with Gasteiger partial charge in [-0.2, -0.15) is 5.10 Å². The van der Waals surface area contributed by atoms with Crippen LogP contribution in [0.25, 0.3) is 10.9 Å². The van der Waals surface area contributed by atoms with E-state index in [2.05, 4.69) is 33.7 Å². The number of aromatic amines is 1. The van der Waals surface area contributed by atoms with Crippen LogP contribution in [0.15, 0.2) is 47.6 Å². The Kier molecular flexibility index (Phi) is 3.70. The van der Waals surface area contributed by atoms with Gasteiger partial charge in [0.05, 0.1) is 16.7 Å². The van der Waals surface area contributed by atoms with Gasteiger partial charge in [0.1, 0.15) is 0 Å². The first-order valence-electron chi connectivity index (χ1n) is 9.39. The Labute approximate surface area is 156 Å². The van der Waals surface area contributed by atoms with Crippen molar-refractivity contribution in [3.05, 3.63) is 75.0 Å². The van der Waals surface area contributed by atoms with Crippen molar-refractivity contribution in [2.24, 2.45) is 5.10 Å². The number of hydrazone groups is 1. The molecule has 0 bridgehead atoms. The van der Waals surface area contributed by atoms with E-state index in [0.717, 1.165) is 29.7 Å². The van der Waals surface area contributed by atoms with Gasteiger partial charge in [0, 0.05) is 35.2 Å². The van der Waals surface area contributed by atoms with Crippen LogP contribution in [0.3, 0.4) is 0 Å². The topological polar surface area (TPSA) is 83.3 Å². The number of nitro groups is 1. The summed E-state index contributed by atoms with van der Waals surface area (Å²) in [5.74, 6) is 0. The SMILES string of the molecule is O=[N+]([O-])c1ccc(C2CC(c3ccc4c5c([nH]c4c3)CCCC5)=NN2)cc1. The Morgan fingerprint density at radius 2 is 1.89 bits per heavy atom. The molecule has 2 aliphatic rings. The maximum atomic E-state index is 10.8. The smallest absolute Gasteiger partial charge is 0.269 e. The van der Waals surface area contributed by atoms with Gasteiger partial charge in [-0.25, -0.2) is 0 Å². The lowest BCUT2D eigenvalue weighted by Gasteiger charge is -2.10. The molecule has 1 aliphatic heterocycles. The molecule has 1 aromatic heterocycles. The van der Waals surface area contributed by atoms with Crippen molar-refractivity contribution in [1.29, 1.82) is 0 Å². The molecule has 6 nitrogen and oxygen atoms in total. The van der Waals surface area contributed by atoms with E-state index in [9.17, 15) is 10.1 Å². The second-order valence-electron chi connectivity index (χ2n) is 7.34. The van der Waals surface area contributed by atoms with Gasteiger partial charge < -0.3 is 10.4 Å². The molecule has 3 aromatic rings. The Bertz CT molecular complexity index is 1070. The highest BCUT2D eigenvalue weighted by Gasteiger charge is 2.23. The van der Waals surface area contributed by atoms with E-state index in [4.69, 9.17) is 0 Å². The van der Waals surface area contributed by atoms with E-state index in [1.54, 1.807) is 24.3 Å². The van der Waals surface area contributed by atoms with Crippen LogP contribution in [0.2, 0.25) is 0 Å². The molecule has 0 radical (unpaired) electrons. The van der Waals surface area contributed by atoms with Crippen LogP contribution in [-0.2, 0) is 12.8 Å². The first-order valence-corrected chi connectivity index (χ1v) is 9.39. The summed E-state index contributed by atoms with van der Waals surface area (Å²) in [5.41, 5.74) is 10.5. The van der Waals surface area contributed by atoms with Gasteiger partial charge in [-0.1, -0.05) is 24.3 Å². The van der Waals surface area contributed by atoms with E-state index in [0.29, 0.717) is 0 Å². The van der Waals surface area contributed by atoms with E-state index in [-0.39, 0.29) is 16.7 Å². The number of non-ortho nitro benzene ring substituents is 1. The number of aryl methyl sites for hydroxylation is 2. The molecule has 6 heteroatoms. The monoisotopic (exact) mass is 360 g/mol. The Balaban J connectivity index is 1.38. The second-order valence-corrected chi connectivity index (χ2v) is 7.34. The zero-order valence-electron chi connectivity index (χ0n) is 14.9. The summed E-state index contributed by atoms with van der Waals surface area (Å²) in [6.07, 6.45) is 5.61. The van der Waals surface area contributed by atoms with Crippen molar-refractivity contribution in [3.8, 4) is 0 Å². The summed E-state index contributed by atoms with van der Waals surface area (Å²) in [6.45, 7) is 0. The number of nitrogens with one attached hydrogen (secondary N) is 2. The van der Waals surface area contributed by atoms with Crippen molar-refractivity contribution in [3.63, 3.8) is 0 Å². The molecular weight excluding hydrogens is 340 g/mol. The van der Waals surface area contributed by atoms with Crippen LogP contribution in [0.5, 0.6) is 0 Å². The maximum Gasteiger partial charge on any atom is 0.269 e. The minimum Gasteiger partial charge on any atom is -0.358 e. The van der Waals surface area contributed by atoms with E-state index in [1.165, 1.54) is 41.4 Å². The number of hydrogen-bond donors (Lipinski definition) is 2. The molecule has 2 heterocycles. The zero-order chi connectivity index (χ0) is 18.4. The maximum absolute atomic E-state index is 10.8. The average Bonchev–Trinajstić information content (AvgIpc) is 3.32. The number of nitrogens with zero attached hydrogens (tertiary/aromatic N) is 2. The normalized spacial score (nSPS) is 18.8. The molecule has 1 aliphatic carbocycles. The summed E-state index contributed by atoms with van der Waals surface area (Å²) in [7, 11) is 0. The number of fused-ring (bicyclic) bond motifs is 3. The van der Waals surface area contributed by atoms with Crippen molar-refractivity contribution in [2.75, 3.05) is 0 Å². The van der Waals surface area contributed by atoms with Gasteiger partial charge >= 0.3 is 0 Å². The fraction of sp³-hybridized carbons (Fsp3) is 0.286. The number of hydrogen-bond acceptors (Lipinski definition) is 4. The molecule has 136 valence electrons. The van der Waals surface area contributed by atoms with Gasteiger partial charge in [-0.05, 0) is 48.4 Å². The minimum atomic E-state index is -0.376. The number of benzene rings is 2. The van der Waals surface area contributed by atoms with Crippen molar-refractivity contribution in [2.45, 2.75) is 38.1 Å². The van der Waals surface area contributed by atoms with Gasteiger partial charge in [-0.3, -0.25) is 10.1 Å². The predicted molar refractivity (Wildman–Crippen MR) is 105 cm³/mol. The summed E-state index contributed by atoms with van der Waals surface area (Å²) in [4.78, 5) is 14.0. The number of nitro benzene ring substituents is 1. The summed E-state index contributed by atoms with van der Waals surface area (Å²) in [6, 6.07) is 13.3. The Hall–Kier alpha value is -3.15. The summed E-state index contributed by atoms with van der Waals surface area (Å²) >= 11 is 0. The van der Waals surface area contributed by atoms with Crippen molar-refractivity contribution < 1.29 is 4.92 Å². The molecule has 27 heavy (non-hydrogen) atoms. The van der Waals surface area contributed by atoms with Crippen LogP contribution < -0.4 is 5.43 Å². The molecular formula is C21H20N4O2. The van der Waals surface area contributed by atoms with Crippen LogP contribution in [0, 0.1) is 10.1 Å². The standard InChI is InChI=1S/C21H20N4O2/c26-25(27)15-8-5-13(6-9-15)19-12-20(24-23-19)14-7-10-17-16-3-1-2-4-18(16)22-21(17)11-14/h5-11,19,22-23H,1-4,12H2. The third-order valence-corrected chi connectivity index (χ3v) is 5.69. The van der Waals surface area contributed by atoms with E-state index < -0.39 is 0 Å². The molecule has 0 spiro atoms. The van der Waals surface area contributed by atoms with Crippen molar-refractivity contribution in [1.82, 2.24) is 10.4 Å². The lowest BCUT2D eigenvalue weighted by molar-refractivity contribution is -0.384. The van der Waals surface area contributed by atoms with E-state index in [1.807, 2.05) is 0 Å². The molecule has 1 atom stereocenters. The van der Waals surface area contributed by atoms with Gasteiger partial charge in [0.15, 0.2) is 0 Å². The fourth-order valence-electron chi connectivity index (χ4n) is 4.24. The average molecular weight is 360 g/mol. The quantitative estimate of drug-likeness (QED) is 0.536. The van der Waals surface area contributed by atoms with Crippen LogP contribution in [0.4, 0.5) is 5.69 Å². The summed E-state index contributed by atoms with van der Waals surface area (Å²) in [5, 5.41) is 16.7. The van der Waals surface area contributed by atoms with Crippen LogP contribution in [-0.4, -0.2) is 15.6 Å². The molecule has 0 saturated heterocycles. The molecule has 0 saturated carbocycles. The molecule has 5 rings (SSSR count). The lowest BCUT2D eigenvalue weighted by Crippen LogP contribution is -2.09.